The maximum atomic E-state index is 6.30. The van der Waals surface area contributed by atoms with Crippen molar-refractivity contribution in [1.29, 1.82) is 0 Å². The predicted molar refractivity (Wildman–Crippen MR) is 68.5 cm³/mol. The van der Waals surface area contributed by atoms with Crippen LogP contribution in [0.2, 0.25) is 0 Å². The van der Waals surface area contributed by atoms with Gasteiger partial charge in [0.2, 0.25) is 0 Å². The third-order valence-electron chi connectivity index (χ3n) is 4.90. The summed E-state index contributed by atoms with van der Waals surface area (Å²) in [5.41, 5.74) is 0. The molecule has 0 aromatic heterocycles. The van der Waals surface area contributed by atoms with Crippen molar-refractivity contribution in [3.05, 3.63) is 0 Å². The van der Waals surface area contributed by atoms with E-state index in [4.69, 9.17) is 4.74 Å². The predicted octanol–water partition coefficient (Wildman–Crippen LogP) is 4.41. The van der Waals surface area contributed by atoms with Gasteiger partial charge in [-0.1, -0.05) is 20.8 Å². The summed E-state index contributed by atoms with van der Waals surface area (Å²) in [6.45, 7) is 7.16. The normalized spacial score (nSPS) is 45.6. The summed E-state index contributed by atoms with van der Waals surface area (Å²) in [4.78, 5) is 0. The van der Waals surface area contributed by atoms with Crippen molar-refractivity contribution < 1.29 is 4.74 Å². The van der Waals surface area contributed by atoms with Crippen LogP contribution in [0.5, 0.6) is 0 Å². The molecule has 94 valence electrons. The molecule has 16 heavy (non-hydrogen) atoms. The van der Waals surface area contributed by atoms with E-state index in [2.05, 4.69) is 20.8 Å². The Kier molecular flexibility index (Phi) is 4.29. The lowest BCUT2D eigenvalue weighted by atomic mass is 9.80. The van der Waals surface area contributed by atoms with Gasteiger partial charge in [0.1, 0.15) is 0 Å². The Morgan fingerprint density at radius 3 is 1.94 bits per heavy atom. The molecule has 2 aliphatic rings. The minimum absolute atomic E-state index is 0.574. The van der Waals surface area contributed by atoms with Gasteiger partial charge in [-0.15, -0.1) is 0 Å². The van der Waals surface area contributed by atoms with Crippen molar-refractivity contribution in [2.75, 3.05) is 0 Å². The van der Waals surface area contributed by atoms with Crippen molar-refractivity contribution in [1.82, 2.24) is 0 Å². The van der Waals surface area contributed by atoms with E-state index in [0.717, 1.165) is 17.8 Å². The molecule has 3 atom stereocenters. The Morgan fingerprint density at radius 2 is 1.31 bits per heavy atom. The maximum absolute atomic E-state index is 6.30. The fourth-order valence-electron chi connectivity index (χ4n) is 3.26. The van der Waals surface area contributed by atoms with Gasteiger partial charge in [-0.2, -0.15) is 0 Å². The molecule has 0 bridgehead atoms. The quantitative estimate of drug-likeness (QED) is 0.675. The summed E-state index contributed by atoms with van der Waals surface area (Å²) in [6, 6.07) is 0. The van der Waals surface area contributed by atoms with Crippen LogP contribution in [0.4, 0.5) is 0 Å². The van der Waals surface area contributed by atoms with Gasteiger partial charge < -0.3 is 4.74 Å². The molecule has 0 saturated heterocycles. The smallest absolute Gasteiger partial charge is 0.0581 e. The number of hydrogen-bond donors (Lipinski definition) is 0. The molecule has 0 aromatic carbocycles. The van der Waals surface area contributed by atoms with Crippen LogP contribution < -0.4 is 0 Å². The average Bonchev–Trinajstić information content (AvgIpc) is 2.27. The second kappa shape index (κ2) is 5.53. The van der Waals surface area contributed by atoms with E-state index in [-0.39, 0.29) is 0 Å². The van der Waals surface area contributed by atoms with Crippen molar-refractivity contribution in [2.24, 2.45) is 17.8 Å². The second-order valence-electron chi connectivity index (χ2n) is 6.41. The van der Waals surface area contributed by atoms with Gasteiger partial charge in [0, 0.05) is 0 Å². The summed E-state index contributed by atoms with van der Waals surface area (Å²) in [5.74, 6) is 2.71. The lowest BCUT2D eigenvalue weighted by Gasteiger charge is -2.36. The molecule has 0 spiro atoms. The van der Waals surface area contributed by atoms with Crippen LogP contribution in [0.25, 0.3) is 0 Å². The molecule has 3 unspecified atom stereocenters. The molecule has 1 heteroatoms. The highest BCUT2D eigenvalue weighted by Crippen LogP contribution is 2.34. The first-order valence-corrected chi connectivity index (χ1v) is 7.30. The van der Waals surface area contributed by atoms with Gasteiger partial charge in [0.15, 0.2) is 0 Å². The highest BCUT2D eigenvalue weighted by Gasteiger charge is 2.28. The molecule has 0 aliphatic heterocycles. The second-order valence-corrected chi connectivity index (χ2v) is 6.41. The number of hydrogen-bond acceptors (Lipinski definition) is 1. The molecular weight excluding hydrogens is 196 g/mol. The standard InChI is InChI=1S/C15H28O/c1-11-4-7-14(8-5-11)16-15-9-6-12(2)13(3)10-15/h11-15H,4-10H2,1-3H3. The van der Waals surface area contributed by atoms with E-state index in [0.29, 0.717) is 12.2 Å². The molecule has 0 N–H and O–H groups in total. The zero-order valence-corrected chi connectivity index (χ0v) is 11.2. The van der Waals surface area contributed by atoms with Crippen LogP contribution in [0, 0.1) is 17.8 Å². The van der Waals surface area contributed by atoms with Gasteiger partial charge in [-0.25, -0.2) is 0 Å². The summed E-state index contributed by atoms with van der Waals surface area (Å²) in [7, 11) is 0. The SMILES string of the molecule is CC1CCC(OC2CCC(C)C(C)C2)CC1. The van der Waals surface area contributed by atoms with Crippen LogP contribution in [-0.2, 0) is 4.74 Å². The van der Waals surface area contributed by atoms with E-state index in [9.17, 15) is 0 Å². The Morgan fingerprint density at radius 1 is 0.688 bits per heavy atom. The van der Waals surface area contributed by atoms with Gasteiger partial charge in [-0.3, -0.25) is 0 Å². The highest BCUT2D eigenvalue weighted by molar-refractivity contribution is 4.78. The van der Waals surface area contributed by atoms with Gasteiger partial charge in [0.05, 0.1) is 12.2 Å². The van der Waals surface area contributed by atoms with Crippen LogP contribution in [0.3, 0.4) is 0 Å². The number of ether oxygens (including phenoxy) is 1. The van der Waals surface area contributed by atoms with Crippen molar-refractivity contribution in [3.8, 4) is 0 Å². The van der Waals surface area contributed by atoms with Gasteiger partial charge >= 0.3 is 0 Å². The maximum Gasteiger partial charge on any atom is 0.0581 e. The largest absolute Gasteiger partial charge is 0.375 e. The van der Waals surface area contributed by atoms with Crippen LogP contribution in [0.15, 0.2) is 0 Å². The molecular formula is C15H28O. The Hall–Kier alpha value is -0.0400. The van der Waals surface area contributed by atoms with Crippen LogP contribution in [-0.4, -0.2) is 12.2 Å². The third-order valence-corrected chi connectivity index (χ3v) is 4.90. The minimum atomic E-state index is 0.574. The summed E-state index contributed by atoms with van der Waals surface area (Å²) < 4.78 is 6.30. The lowest BCUT2D eigenvalue weighted by Crippen LogP contribution is -2.32. The summed E-state index contributed by atoms with van der Waals surface area (Å²) in [6.07, 6.45) is 10.5. The first kappa shape index (κ1) is 12.4. The van der Waals surface area contributed by atoms with Gasteiger partial charge in [0.25, 0.3) is 0 Å². The van der Waals surface area contributed by atoms with E-state index in [1.54, 1.807) is 0 Å². The molecule has 1 nitrogen and oxygen atoms in total. The van der Waals surface area contributed by atoms with Gasteiger partial charge in [-0.05, 0) is 62.7 Å². The fourth-order valence-corrected chi connectivity index (χ4v) is 3.26. The molecule has 2 fully saturated rings. The topological polar surface area (TPSA) is 9.23 Å². The first-order chi connectivity index (χ1) is 7.65. The molecule has 2 aliphatic carbocycles. The van der Waals surface area contributed by atoms with E-state index in [1.807, 2.05) is 0 Å². The molecule has 0 radical (unpaired) electrons. The van der Waals surface area contributed by atoms with Crippen LogP contribution in [0.1, 0.15) is 65.7 Å². The van der Waals surface area contributed by atoms with E-state index < -0.39 is 0 Å². The molecule has 2 saturated carbocycles. The van der Waals surface area contributed by atoms with E-state index in [1.165, 1.54) is 44.9 Å². The molecule has 2 rings (SSSR count). The van der Waals surface area contributed by atoms with Crippen LogP contribution >= 0.6 is 0 Å². The summed E-state index contributed by atoms with van der Waals surface area (Å²) >= 11 is 0. The average molecular weight is 224 g/mol. The van der Waals surface area contributed by atoms with Crippen molar-refractivity contribution in [2.45, 2.75) is 77.9 Å². The monoisotopic (exact) mass is 224 g/mol. The molecule has 0 amide bonds. The fraction of sp³-hybridized carbons (Fsp3) is 1.00. The Balaban J connectivity index is 1.73. The first-order valence-electron chi connectivity index (χ1n) is 7.30. The Bertz CT molecular complexity index is 205. The molecule has 0 aromatic rings. The van der Waals surface area contributed by atoms with Crippen molar-refractivity contribution in [3.63, 3.8) is 0 Å². The highest BCUT2D eigenvalue weighted by atomic mass is 16.5. The minimum Gasteiger partial charge on any atom is -0.375 e. The number of rotatable bonds is 2. The summed E-state index contributed by atoms with van der Waals surface area (Å²) in [5, 5.41) is 0. The zero-order valence-electron chi connectivity index (χ0n) is 11.2. The zero-order chi connectivity index (χ0) is 11.5. The molecule has 0 heterocycles. The lowest BCUT2D eigenvalue weighted by molar-refractivity contribution is -0.0643. The third kappa shape index (κ3) is 3.23. The van der Waals surface area contributed by atoms with Crippen molar-refractivity contribution >= 4 is 0 Å². The Labute approximate surface area is 101 Å². The van der Waals surface area contributed by atoms with E-state index >= 15 is 0 Å².